The van der Waals surface area contributed by atoms with Crippen molar-refractivity contribution in [1.29, 1.82) is 0 Å². The van der Waals surface area contributed by atoms with Gasteiger partial charge in [-0.3, -0.25) is 0 Å². The van der Waals surface area contributed by atoms with Crippen LogP contribution in [0.25, 0.3) is 0 Å². The van der Waals surface area contributed by atoms with Gasteiger partial charge in [0.05, 0.1) is 16.1 Å². The van der Waals surface area contributed by atoms with Gasteiger partial charge in [0.1, 0.15) is 0 Å². The Bertz CT molecular complexity index is 442. The van der Waals surface area contributed by atoms with Crippen LogP contribution in [0.1, 0.15) is 56.6 Å². The van der Waals surface area contributed by atoms with Gasteiger partial charge in [-0.15, -0.1) is 0 Å². The zero-order chi connectivity index (χ0) is 14.6. The molecule has 0 saturated heterocycles. The predicted octanol–water partition coefficient (Wildman–Crippen LogP) is 4.72. The lowest BCUT2D eigenvalue weighted by Gasteiger charge is -2.39. The van der Waals surface area contributed by atoms with Gasteiger partial charge in [-0.25, -0.2) is 0 Å². The largest absolute Gasteiger partial charge is 0.388 e. The minimum atomic E-state index is -0.642. The Kier molecular flexibility index (Phi) is 5.74. The number of aliphatic hydroxyl groups excluding tert-OH is 1. The summed E-state index contributed by atoms with van der Waals surface area (Å²) in [7, 11) is 0. The molecule has 1 aromatic carbocycles. The maximum atomic E-state index is 10.9. The Morgan fingerprint density at radius 2 is 1.70 bits per heavy atom. The van der Waals surface area contributed by atoms with Crippen molar-refractivity contribution < 1.29 is 5.11 Å². The van der Waals surface area contributed by atoms with Gasteiger partial charge in [-0.2, -0.15) is 0 Å². The first-order valence-electron chi connectivity index (χ1n) is 7.43. The van der Waals surface area contributed by atoms with Crippen LogP contribution >= 0.6 is 23.2 Å². The van der Waals surface area contributed by atoms with Crippen molar-refractivity contribution in [3.63, 3.8) is 0 Å². The molecule has 0 aliphatic heterocycles. The summed E-state index contributed by atoms with van der Waals surface area (Å²) in [6.45, 7) is 0.483. The maximum Gasteiger partial charge on any atom is 0.0873 e. The van der Waals surface area contributed by atoms with Crippen LogP contribution in [-0.2, 0) is 0 Å². The van der Waals surface area contributed by atoms with Gasteiger partial charge in [0, 0.05) is 17.5 Å². The Balaban J connectivity index is 2.31. The van der Waals surface area contributed by atoms with Crippen LogP contribution in [-0.4, -0.2) is 11.7 Å². The van der Waals surface area contributed by atoms with Gasteiger partial charge in [-0.05, 0) is 18.9 Å². The molecule has 112 valence electrons. The quantitative estimate of drug-likeness (QED) is 0.848. The summed E-state index contributed by atoms with van der Waals surface area (Å²) < 4.78 is 0. The predicted molar refractivity (Wildman–Crippen MR) is 85.2 cm³/mol. The topological polar surface area (TPSA) is 46.2 Å². The first-order chi connectivity index (χ1) is 9.60. The summed E-state index contributed by atoms with van der Waals surface area (Å²) in [5.74, 6) is 0. The average Bonchev–Trinajstić information content (AvgIpc) is 2.42. The molecule has 1 unspecified atom stereocenters. The Hall–Kier alpha value is -0.280. The number of rotatable bonds is 3. The van der Waals surface area contributed by atoms with Crippen LogP contribution in [0.3, 0.4) is 0 Å². The number of hydrogen-bond donors (Lipinski definition) is 2. The molecule has 4 heteroatoms. The highest BCUT2D eigenvalue weighted by Gasteiger charge is 2.38. The van der Waals surface area contributed by atoms with E-state index in [2.05, 4.69) is 0 Å². The standard InChI is InChI=1S/C16H23Cl2NO/c17-13-8-6-7-12(14(13)18)15(20)16(11-19)9-4-2-1-3-5-10-16/h6-8,15,20H,1-5,9-11,19H2. The summed E-state index contributed by atoms with van der Waals surface area (Å²) in [6.07, 6.45) is 7.22. The summed E-state index contributed by atoms with van der Waals surface area (Å²) in [6, 6.07) is 5.43. The van der Waals surface area contributed by atoms with E-state index in [1.807, 2.05) is 12.1 Å². The molecule has 0 heterocycles. The lowest BCUT2D eigenvalue weighted by molar-refractivity contribution is 0.00856. The second-order valence-corrected chi connectivity index (χ2v) is 6.67. The highest BCUT2D eigenvalue weighted by Crippen LogP contribution is 2.46. The average molecular weight is 316 g/mol. The zero-order valence-corrected chi connectivity index (χ0v) is 13.3. The van der Waals surface area contributed by atoms with Crippen molar-refractivity contribution in [3.8, 4) is 0 Å². The number of benzene rings is 1. The monoisotopic (exact) mass is 315 g/mol. The zero-order valence-electron chi connectivity index (χ0n) is 11.7. The normalized spacial score (nSPS) is 21.0. The highest BCUT2D eigenvalue weighted by atomic mass is 35.5. The van der Waals surface area contributed by atoms with Crippen molar-refractivity contribution in [3.05, 3.63) is 33.8 Å². The third-order valence-electron chi connectivity index (χ3n) is 4.61. The van der Waals surface area contributed by atoms with E-state index in [4.69, 9.17) is 28.9 Å². The van der Waals surface area contributed by atoms with Crippen molar-refractivity contribution >= 4 is 23.2 Å². The molecule has 1 aliphatic carbocycles. The molecule has 1 fully saturated rings. The number of halogens is 2. The SMILES string of the molecule is NCC1(C(O)c2cccc(Cl)c2Cl)CCCCCCC1. The molecule has 2 nitrogen and oxygen atoms in total. The lowest BCUT2D eigenvalue weighted by atomic mass is 9.70. The third-order valence-corrected chi connectivity index (χ3v) is 5.45. The van der Waals surface area contributed by atoms with Crippen LogP contribution in [0.4, 0.5) is 0 Å². The number of nitrogens with two attached hydrogens (primary N) is 1. The molecule has 20 heavy (non-hydrogen) atoms. The second kappa shape index (κ2) is 7.13. The Morgan fingerprint density at radius 1 is 1.10 bits per heavy atom. The summed E-state index contributed by atoms with van der Waals surface area (Å²) in [5.41, 5.74) is 6.49. The highest BCUT2D eigenvalue weighted by molar-refractivity contribution is 6.42. The van der Waals surface area contributed by atoms with Gasteiger partial charge in [0.25, 0.3) is 0 Å². The van der Waals surface area contributed by atoms with E-state index in [0.29, 0.717) is 22.2 Å². The van der Waals surface area contributed by atoms with Crippen LogP contribution in [0.2, 0.25) is 10.0 Å². The van der Waals surface area contributed by atoms with E-state index >= 15 is 0 Å². The van der Waals surface area contributed by atoms with Gasteiger partial charge in [-0.1, -0.05) is 67.4 Å². The Labute approximate surface area is 131 Å². The van der Waals surface area contributed by atoms with Gasteiger partial charge < -0.3 is 10.8 Å². The number of aliphatic hydroxyl groups is 1. The van der Waals surface area contributed by atoms with Crippen molar-refractivity contribution in [2.75, 3.05) is 6.54 Å². The second-order valence-electron chi connectivity index (χ2n) is 5.88. The van der Waals surface area contributed by atoms with Crippen molar-refractivity contribution in [2.24, 2.45) is 11.1 Å². The minimum absolute atomic E-state index is 0.269. The van der Waals surface area contributed by atoms with Gasteiger partial charge in [0.15, 0.2) is 0 Å². The third kappa shape index (κ3) is 3.30. The molecule has 1 atom stereocenters. The van der Waals surface area contributed by atoms with E-state index in [1.165, 1.54) is 19.3 Å². The summed E-state index contributed by atoms with van der Waals surface area (Å²) >= 11 is 12.3. The molecule has 3 N–H and O–H groups in total. The molecule has 0 spiro atoms. The van der Waals surface area contributed by atoms with E-state index in [0.717, 1.165) is 25.7 Å². The van der Waals surface area contributed by atoms with Crippen LogP contribution in [0.5, 0.6) is 0 Å². The fourth-order valence-corrected chi connectivity index (χ4v) is 3.67. The van der Waals surface area contributed by atoms with Gasteiger partial charge in [0.2, 0.25) is 0 Å². The van der Waals surface area contributed by atoms with E-state index < -0.39 is 6.10 Å². The molecule has 1 saturated carbocycles. The fourth-order valence-electron chi connectivity index (χ4n) is 3.26. The molecule has 0 aromatic heterocycles. The number of hydrogen-bond acceptors (Lipinski definition) is 2. The summed E-state index contributed by atoms with van der Waals surface area (Å²) in [5, 5.41) is 11.8. The summed E-state index contributed by atoms with van der Waals surface area (Å²) in [4.78, 5) is 0. The van der Waals surface area contributed by atoms with Crippen LogP contribution in [0, 0.1) is 5.41 Å². The molecule has 0 radical (unpaired) electrons. The molecule has 0 bridgehead atoms. The van der Waals surface area contributed by atoms with E-state index in [1.54, 1.807) is 6.07 Å². The fraction of sp³-hybridized carbons (Fsp3) is 0.625. The lowest BCUT2D eigenvalue weighted by Crippen LogP contribution is -2.37. The van der Waals surface area contributed by atoms with Crippen LogP contribution in [0.15, 0.2) is 18.2 Å². The molecule has 1 aliphatic rings. The van der Waals surface area contributed by atoms with Crippen LogP contribution < -0.4 is 5.73 Å². The Morgan fingerprint density at radius 3 is 2.30 bits per heavy atom. The molecule has 1 aromatic rings. The molecular formula is C16H23Cl2NO. The van der Waals surface area contributed by atoms with Gasteiger partial charge >= 0.3 is 0 Å². The minimum Gasteiger partial charge on any atom is -0.388 e. The van der Waals surface area contributed by atoms with E-state index in [9.17, 15) is 5.11 Å². The van der Waals surface area contributed by atoms with Crippen molar-refractivity contribution in [2.45, 2.75) is 51.0 Å². The molecule has 2 rings (SSSR count). The first-order valence-corrected chi connectivity index (χ1v) is 8.18. The van der Waals surface area contributed by atoms with E-state index in [-0.39, 0.29) is 5.41 Å². The van der Waals surface area contributed by atoms with Crippen molar-refractivity contribution in [1.82, 2.24) is 0 Å². The smallest absolute Gasteiger partial charge is 0.0873 e. The maximum absolute atomic E-state index is 10.9. The first kappa shape index (κ1) is 16.1. The molecule has 0 amide bonds. The molecular weight excluding hydrogens is 293 g/mol.